The Balaban J connectivity index is 1.84. The molecule has 1 aliphatic rings. The van der Waals surface area contributed by atoms with Crippen molar-refractivity contribution in [2.24, 2.45) is 0 Å². The van der Waals surface area contributed by atoms with Gasteiger partial charge in [-0.15, -0.1) is 11.3 Å². The van der Waals surface area contributed by atoms with Crippen molar-refractivity contribution in [1.82, 2.24) is 15.5 Å². The summed E-state index contributed by atoms with van der Waals surface area (Å²) in [5, 5.41) is 6.84. The van der Waals surface area contributed by atoms with E-state index >= 15 is 0 Å². The molecule has 0 unspecified atom stereocenters. The fourth-order valence-corrected chi connectivity index (χ4v) is 3.88. The van der Waals surface area contributed by atoms with Crippen LogP contribution < -0.4 is 10.6 Å². The molecule has 3 amide bonds. The van der Waals surface area contributed by atoms with Crippen molar-refractivity contribution in [3.05, 3.63) is 57.8 Å². The van der Waals surface area contributed by atoms with Crippen LogP contribution in [0.2, 0.25) is 0 Å². The first-order valence-electron chi connectivity index (χ1n) is 7.56. The maximum absolute atomic E-state index is 12.1. The second-order valence-electron chi connectivity index (χ2n) is 5.46. The Labute approximate surface area is 139 Å². The van der Waals surface area contributed by atoms with Crippen LogP contribution >= 0.6 is 11.3 Å². The van der Waals surface area contributed by atoms with E-state index in [0.29, 0.717) is 0 Å². The van der Waals surface area contributed by atoms with Crippen LogP contribution in [0.3, 0.4) is 0 Å². The molecule has 6 heteroatoms. The molecule has 1 aromatic heterocycles. The molecule has 0 spiro atoms. The first-order chi connectivity index (χ1) is 11.2. The molecule has 0 fully saturated rings. The van der Waals surface area contributed by atoms with Crippen LogP contribution in [0.5, 0.6) is 0 Å². The molecule has 0 aliphatic carbocycles. The van der Waals surface area contributed by atoms with Crippen molar-refractivity contribution < 1.29 is 9.59 Å². The highest BCUT2D eigenvalue weighted by atomic mass is 32.1. The molecule has 3 rings (SSSR count). The number of nitrogens with one attached hydrogen (secondary N) is 2. The van der Waals surface area contributed by atoms with E-state index in [1.54, 1.807) is 11.3 Å². The number of hydrogen-bond acceptors (Lipinski definition) is 4. The minimum absolute atomic E-state index is 0.0571. The summed E-state index contributed by atoms with van der Waals surface area (Å²) in [6, 6.07) is 11.9. The Morgan fingerprint density at radius 1 is 1.26 bits per heavy atom. The number of benzene rings is 1. The number of carbonyl (C=O) groups is 2. The van der Waals surface area contributed by atoms with E-state index in [-0.39, 0.29) is 18.5 Å². The number of fused-ring (bicyclic) bond motifs is 1. The highest BCUT2D eigenvalue weighted by Gasteiger charge is 2.30. The van der Waals surface area contributed by atoms with Crippen LogP contribution in [0.25, 0.3) is 0 Å². The van der Waals surface area contributed by atoms with E-state index in [0.717, 1.165) is 13.0 Å². The normalized spacial score (nSPS) is 17.3. The smallest absolute Gasteiger partial charge is 0.321 e. The van der Waals surface area contributed by atoms with Gasteiger partial charge in [0.25, 0.3) is 0 Å². The molecular weight excluding hydrogens is 310 g/mol. The van der Waals surface area contributed by atoms with Crippen molar-refractivity contribution >= 4 is 23.3 Å². The fraction of sp³-hybridized carbons (Fsp3) is 0.294. The van der Waals surface area contributed by atoms with Gasteiger partial charge in [0.1, 0.15) is 0 Å². The molecule has 0 saturated carbocycles. The van der Waals surface area contributed by atoms with E-state index in [4.69, 9.17) is 0 Å². The van der Waals surface area contributed by atoms with Gasteiger partial charge in [0.05, 0.1) is 12.6 Å². The lowest BCUT2D eigenvalue weighted by atomic mass is 9.93. The van der Waals surface area contributed by atoms with Crippen LogP contribution in [-0.2, 0) is 11.2 Å². The first kappa shape index (κ1) is 15.7. The summed E-state index contributed by atoms with van der Waals surface area (Å²) in [5.41, 5.74) is 2.43. The summed E-state index contributed by atoms with van der Waals surface area (Å²) >= 11 is 1.77. The lowest BCUT2D eigenvalue weighted by Crippen LogP contribution is -2.46. The molecule has 2 heterocycles. The molecule has 120 valence electrons. The average molecular weight is 329 g/mol. The Hall–Kier alpha value is -2.18. The van der Waals surface area contributed by atoms with E-state index in [1.807, 2.05) is 18.2 Å². The van der Waals surface area contributed by atoms with Gasteiger partial charge in [0.2, 0.25) is 5.91 Å². The maximum atomic E-state index is 12.1. The van der Waals surface area contributed by atoms with Gasteiger partial charge < -0.3 is 5.32 Å². The summed E-state index contributed by atoms with van der Waals surface area (Å²) in [5.74, 6) is -0.288. The predicted molar refractivity (Wildman–Crippen MR) is 90.5 cm³/mol. The summed E-state index contributed by atoms with van der Waals surface area (Å²) in [6.45, 7) is 0.997. The van der Waals surface area contributed by atoms with Gasteiger partial charge in [-0.05, 0) is 29.0 Å². The van der Waals surface area contributed by atoms with E-state index in [9.17, 15) is 9.59 Å². The summed E-state index contributed by atoms with van der Waals surface area (Å²) in [6.07, 6.45) is 0.934. The van der Waals surface area contributed by atoms with E-state index < -0.39 is 6.03 Å². The number of thiophene rings is 1. The number of hydrogen-bond donors (Lipinski definition) is 2. The van der Waals surface area contributed by atoms with Gasteiger partial charge in [-0.1, -0.05) is 30.3 Å². The quantitative estimate of drug-likeness (QED) is 0.907. The van der Waals surface area contributed by atoms with Gasteiger partial charge in [-0.25, -0.2) is 4.79 Å². The van der Waals surface area contributed by atoms with Crippen LogP contribution in [0.1, 0.15) is 22.0 Å². The van der Waals surface area contributed by atoms with Gasteiger partial charge in [0.15, 0.2) is 0 Å². The Morgan fingerprint density at radius 3 is 2.78 bits per heavy atom. The minimum atomic E-state index is -0.473. The minimum Gasteiger partial charge on any atom is -0.341 e. The highest BCUT2D eigenvalue weighted by Crippen LogP contribution is 2.37. The number of rotatable bonds is 3. The zero-order valence-corrected chi connectivity index (χ0v) is 13.7. The second-order valence-corrected chi connectivity index (χ2v) is 6.46. The summed E-state index contributed by atoms with van der Waals surface area (Å²) in [4.78, 5) is 26.9. The monoisotopic (exact) mass is 329 g/mol. The zero-order chi connectivity index (χ0) is 16.2. The fourth-order valence-electron chi connectivity index (χ4n) is 2.98. The van der Waals surface area contributed by atoms with Crippen LogP contribution in [-0.4, -0.2) is 37.0 Å². The molecule has 23 heavy (non-hydrogen) atoms. The van der Waals surface area contributed by atoms with Crippen LogP contribution in [0.4, 0.5) is 4.79 Å². The summed E-state index contributed by atoms with van der Waals surface area (Å²) in [7, 11) is 1.49. The van der Waals surface area contributed by atoms with Gasteiger partial charge in [-0.3, -0.25) is 15.0 Å². The topological polar surface area (TPSA) is 61.4 Å². The van der Waals surface area contributed by atoms with Gasteiger partial charge in [0, 0.05) is 18.5 Å². The SMILES string of the molecule is CNC(=O)NC(=O)CN1CCc2sccc2[C@@H]1c1ccccc1. The number of imide groups is 1. The third-order valence-corrected chi connectivity index (χ3v) is 5.00. The van der Waals surface area contributed by atoms with Crippen LogP contribution in [0.15, 0.2) is 41.8 Å². The third-order valence-electron chi connectivity index (χ3n) is 4.01. The Morgan fingerprint density at radius 2 is 2.04 bits per heavy atom. The van der Waals surface area contributed by atoms with Crippen molar-refractivity contribution in [3.63, 3.8) is 0 Å². The van der Waals surface area contributed by atoms with E-state index in [1.165, 1.54) is 23.1 Å². The highest BCUT2D eigenvalue weighted by molar-refractivity contribution is 7.10. The largest absolute Gasteiger partial charge is 0.341 e. The molecule has 2 aromatic rings. The van der Waals surface area contributed by atoms with Crippen molar-refractivity contribution in [2.75, 3.05) is 20.1 Å². The second kappa shape index (κ2) is 6.93. The van der Waals surface area contributed by atoms with E-state index in [2.05, 4.69) is 39.1 Å². The molecule has 5 nitrogen and oxygen atoms in total. The molecule has 1 aliphatic heterocycles. The molecule has 2 N–H and O–H groups in total. The molecule has 1 aromatic carbocycles. The lowest BCUT2D eigenvalue weighted by Gasteiger charge is -2.35. The first-order valence-corrected chi connectivity index (χ1v) is 8.44. The molecule has 0 radical (unpaired) electrons. The number of carbonyl (C=O) groups excluding carboxylic acids is 2. The van der Waals surface area contributed by atoms with Gasteiger partial charge >= 0.3 is 6.03 Å². The molecule has 0 saturated heterocycles. The zero-order valence-electron chi connectivity index (χ0n) is 12.9. The molecule has 1 atom stereocenters. The third kappa shape index (κ3) is 3.43. The predicted octanol–water partition coefficient (Wildman–Crippen LogP) is 2.15. The number of amides is 3. The number of urea groups is 1. The standard InChI is InChI=1S/C17H19N3O2S/c1-18-17(22)19-15(21)11-20-9-7-14-13(8-10-23-14)16(20)12-5-3-2-4-6-12/h2-6,8,10,16H,7,9,11H2,1H3,(H2,18,19,21,22)/t16-/m0/s1. The Bertz CT molecular complexity index is 699. The van der Waals surface area contributed by atoms with Gasteiger partial charge in [-0.2, -0.15) is 0 Å². The molecular formula is C17H19N3O2S. The molecule has 0 bridgehead atoms. The van der Waals surface area contributed by atoms with Crippen molar-refractivity contribution in [2.45, 2.75) is 12.5 Å². The average Bonchev–Trinajstić information content (AvgIpc) is 3.03. The summed E-state index contributed by atoms with van der Waals surface area (Å²) < 4.78 is 0. The van der Waals surface area contributed by atoms with Crippen molar-refractivity contribution in [1.29, 1.82) is 0 Å². The number of nitrogens with zero attached hydrogens (tertiary/aromatic N) is 1. The lowest BCUT2D eigenvalue weighted by molar-refractivity contribution is -0.121. The van der Waals surface area contributed by atoms with Crippen LogP contribution in [0, 0.1) is 0 Å². The maximum Gasteiger partial charge on any atom is 0.321 e. The Kier molecular flexibility index (Phi) is 4.73. The van der Waals surface area contributed by atoms with Crippen molar-refractivity contribution in [3.8, 4) is 0 Å².